The van der Waals surface area contributed by atoms with Gasteiger partial charge in [0.15, 0.2) is 0 Å². The van der Waals surface area contributed by atoms with Crippen molar-refractivity contribution in [2.24, 2.45) is 0 Å². The molecule has 3 rings (SSSR count). The van der Waals surface area contributed by atoms with Crippen LogP contribution in [0.3, 0.4) is 0 Å². The maximum Gasteiger partial charge on any atom is 0.119 e. The van der Waals surface area contributed by atoms with E-state index in [1.165, 1.54) is 16.7 Å². The Hall–Kier alpha value is -2.03. The smallest absolute Gasteiger partial charge is 0.119 e. The van der Waals surface area contributed by atoms with E-state index in [1.54, 1.807) is 13.4 Å². The Labute approximate surface area is 93.8 Å². The Morgan fingerprint density at radius 1 is 1.38 bits per heavy atom. The van der Waals surface area contributed by atoms with Crippen LogP contribution in [0.25, 0.3) is 5.57 Å². The van der Waals surface area contributed by atoms with Crippen molar-refractivity contribution in [2.45, 2.75) is 6.42 Å². The van der Waals surface area contributed by atoms with E-state index in [2.05, 4.69) is 28.2 Å². The number of rotatable bonds is 2. The maximum absolute atomic E-state index is 5.22. The molecule has 80 valence electrons. The number of hydrogen-bond acceptors (Lipinski definition) is 2. The highest BCUT2D eigenvalue weighted by molar-refractivity contribution is 5.83. The van der Waals surface area contributed by atoms with Crippen molar-refractivity contribution in [1.29, 1.82) is 0 Å². The number of nitrogens with one attached hydrogen (secondary N) is 1. The number of fused-ring (bicyclic) bond motifs is 1. The molecule has 0 radical (unpaired) electrons. The van der Waals surface area contributed by atoms with Crippen LogP contribution in [0.5, 0.6) is 5.75 Å². The lowest BCUT2D eigenvalue weighted by molar-refractivity contribution is 0.414. The van der Waals surface area contributed by atoms with Gasteiger partial charge < -0.3 is 9.72 Å². The van der Waals surface area contributed by atoms with Gasteiger partial charge >= 0.3 is 0 Å². The first-order chi connectivity index (χ1) is 7.88. The molecule has 0 amide bonds. The minimum Gasteiger partial charge on any atom is -0.497 e. The predicted octanol–water partition coefficient (Wildman–Crippen LogP) is 2.41. The fourth-order valence-electron chi connectivity index (χ4n) is 2.11. The molecule has 0 spiro atoms. The third-order valence-electron chi connectivity index (χ3n) is 2.92. The topological polar surface area (TPSA) is 37.9 Å². The van der Waals surface area contributed by atoms with Gasteiger partial charge in [0, 0.05) is 5.57 Å². The third kappa shape index (κ3) is 1.33. The van der Waals surface area contributed by atoms with Gasteiger partial charge in [0.2, 0.25) is 0 Å². The molecular formula is C13H12N2O. The summed E-state index contributed by atoms with van der Waals surface area (Å²) in [7, 11) is 1.69. The van der Waals surface area contributed by atoms with E-state index in [-0.39, 0.29) is 0 Å². The van der Waals surface area contributed by atoms with E-state index in [9.17, 15) is 0 Å². The number of nitrogens with zero attached hydrogens (tertiary/aromatic N) is 1. The number of H-pyrrole nitrogens is 1. The first-order valence-corrected chi connectivity index (χ1v) is 5.24. The van der Waals surface area contributed by atoms with Crippen molar-refractivity contribution in [3.05, 3.63) is 53.6 Å². The zero-order valence-electron chi connectivity index (χ0n) is 9.03. The normalized spacial score (nSPS) is 13.4. The summed E-state index contributed by atoms with van der Waals surface area (Å²) in [5.74, 6) is 0.915. The van der Waals surface area contributed by atoms with Crippen molar-refractivity contribution in [3.63, 3.8) is 0 Å². The molecule has 0 unspecified atom stereocenters. The van der Waals surface area contributed by atoms with Gasteiger partial charge in [-0.05, 0) is 29.7 Å². The molecule has 2 aromatic rings. The Balaban J connectivity index is 2.05. The van der Waals surface area contributed by atoms with Crippen LogP contribution in [0.1, 0.15) is 16.8 Å². The van der Waals surface area contributed by atoms with Gasteiger partial charge in [-0.15, -0.1) is 0 Å². The van der Waals surface area contributed by atoms with Crippen LogP contribution in [0.2, 0.25) is 0 Å². The quantitative estimate of drug-likeness (QED) is 0.830. The van der Waals surface area contributed by atoms with Crippen LogP contribution in [-0.2, 0) is 6.42 Å². The number of methoxy groups -OCH3 is 1. The number of aromatic nitrogens is 2. The summed E-state index contributed by atoms with van der Waals surface area (Å²) >= 11 is 0. The van der Waals surface area contributed by atoms with Gasteiger partial charge in [-0.25, -0.2) is 4.98 Å². The van der Waals surface area contributed by atoms with Crippen molar-refractivity contribution < 1.29 is 4.74 Å². The lowest BCUT2D eigenvalue weighted by atomic mass is 10.0. The molecule has 0 aliphatic heterocycles. The summed E-state index contributed by atoms with van der Waals surface area (Å²) in [6, 6.07) is 6.19. The summed E-state index contributed by atoms with van der Waals surface area (Å²) in [5, 5.41) is 0. The second kappa shape index (κ2) is 3.52. The fourth-order valence-corrected chi connectivity index (χ4v) is 2.11. The number of imidazole rings is 1. The molecule has 3 heteroatoms. The van der Waals surface area contributed by atoms with Crippen molar-refractivity contribution >= 4 is 5.57 Å². The van der Waals surface area contributed by atoms with Gasteiger partial charge in [0.25, 0.3) is 0 Å². The van der Waals surface area contributed by atoms with E-state index >= 15 is 0 Å². The van der Waals surface area contributed by atoms with E-state index in [4.69, 9.17) is 4.74 Å². The molecule has 1 N–H and O–H groups in total. The third-order valence-corrected chi connectivity index (χ3v) is 2.92. The SMILES string of the molecule is COc1ccc2c(c1)CC=C2c1cnc[nH]1. The molecule has 0 bridgehead atoms. The minimum atomic E-state index is 0.915. The molecule has 0 saturated carbocycles. The van der Waals surface area contributed by atoms with Gasteiger partial charge in [-0.1, -0.05) is 12.1 Å². The zero-order chi connectivity index (χ0) is 11.0. The van der Waals surface area contributed by atoms with Crippen molar-refractivity contribution in [1.82, 2.24) is 9.97 Å². The number of allylic oxidation sites excluding steroid dienone is 1. The molecule has 1 heterocycles. The number of aromatic amines is 1. The van der Waals surface area contributed by atoms with Gasteiger partial charge in [0.05, 0.1) is 25.3 Å². The second-order valence-electron chi connectivity index (χ2n) is 3.81. The Kier molecular flexibility index (Phi) is 2.03. The lowest BCUT2D eigenvalue weighted by Crippen LogP contribution is -1.89. The van der Waals surface area contributed by atoms with Gasteiger partial charge in [-0.3, -0.25) is 0 Å². The molecule has 3 nitrogen and oxygen atoms in total. The first kappa shape index (κ1) is 9.21. The number of hydrogen-bond donors (Lipinski definition) is 1. The zero-order valence-corrected chi connectivity index (χ0v) is 9.03. The van der Waals surface area contributed by atoms with Crippen molar-refractivity contribution in [3.8, 4) is 5.75 Å². The summed E-state index contributed by atoms with van der Waals surface area (Å²) < 4.78 is 5.22. The summed E-state index contributed by atoms with van der Waals surface area (Å²) in [4.78, 5) is 7.19. The molecule has 1 aromatic carbocycles. The minimum absolute atomic E-state index is 0.915. The lowest BCUT2D eigenvalue weighted by Gasteiger charge is -2.06. The summed E-state index contributed by atoms with van der Waals surface area (Å²) in [6.45, 7) is 0. The Morgan fingerprint density at radius 2 is 2.31 bits per heavy atom. The second-order valence-corrected chi connectivity index (χ2v) is 3.81. The fraction of sp³-hybridized carbons (Fsp3) is 0.154. The van der Waals surface area contributed by atoms with E-state index in [0.29, 0.717) is 0 Å². The Bertz CT molecular complexity index is 541. The number of ether oxygens (including phenoxy) is 1. The largest absolute Gasteiger partial charge is 0.497 e. The van der Waals surface area contributed by atoms with Crippen LogP contribution in [0, 0.1) is 0 Å². The average molecular weight is 212 g/mol. The van der Waals surface area contributed by atoms with Crippen LogP contribution in [-0.4, -0.2) is 17.1 Å². The number of benzene rings is 1. The highest BCUT2D eigenvalue weighted by Crippen LogP contribution is 2.33. The van der Waals surface area contributed by atoms with Crippen LogP contribution < -0.4 is 4.74 Å². The summed E-state index contributed by atoms with van der Waals surface area (Å²) in [5.41, 5.74) is 4.88. The molecule has 0 saturated heterocycles. The molecule has 1 aliphatic carbocycles. The Morgan fingerprint density at radius 3 is 3.06 bits per heavy atom. The molecule has 16 heavy (non-hydrogen) atoms. The van der Waals surface area contributed by atoms with Crippen LogP contribution in [0.4, 0.5) is 0 Å². The molecule has 1 aliphatic rings. The molecule has 0 atom stereocenters. The van der Waals surface area contributed by atoms with E-state index in [0.717, 1.165) is 17.9 Å². The predicted molar refractivity (Wildman–Crippen MR) is 62.4 cm³/mol. The van der Waals surface area contributed by atoms with Crippen molar-refractivity contribution in [2.75, 3.05) is 7.11 Å². The van der Waals surface area contributed by atoms with Gasteiger partial charge in [-0.2, -0.15) is 0 Å². The first-order valence-electron chi connectivity index (χ1n) is 5.24. The standard InChI is InChI=1S/C13H12N2O/c1-16-10-3-5-11-9(6-10)2-4-12(11)13-7-14-8-15-13/h3-8H,2H2,1H3,(H,14,15). The highest BCUT2D eigenvalue weighted by Gasteiger charge is 2.16. The van der Waals surface area contributed by atoms with E-state index in [1.807, 2.05) is 12.3 Å². The maximum atomic E-state index is 5.22. The average Bonchev–Trinajstić information content (AvgIpc) is 2.96. The summed E-state index contributed by atoms with van der Waals surface area (Å²) in [6.07, 6.45) is 6.74. The molecule has 0 fully saturated rings. The highest BCUT2D eigenvalue weighted by atomic mass is 16.5. The monoisotopic (exact) mass is 212 g/mol. The van der Waals surface area contributed by atoms with Gasteiger partial charge in [0.1, 0.15) is 5.75 Å². The van der Waals surface area contributed by atoms with Crippen LogP contribution >= 0.6 is 0 Å². The molecule has 1 aromatic heterocycles. The van der Waals surface area contributed by atoms with Crippen LogP contribution in [0.15, 0.2) is 36.8 Å². The van der Waals surface area contributed by atoms with E-state index < -0.39 is 0 Å². The molecular weight excluding hydrogens is 200 g/mol.